The predicted molar refractivity (Wildman–Crippen MR) is 86.4 cm³/mol. The number of ether oxygens (including phenoxy) is 1. The van der Waals surface area contributed by atoms with Crippen LogP contribution in [0.5, 0.6) is 5.75 Å². The summed E-state index contributed by atoms with van der Waals surface area (Å²) in [4.78, 5) is 12.9. The average molecular weight is 307 g/mol. The van der Waals surface area contributed by atoms with Crippen molar-refractivity contribution in [2.75, 3.05) is 30.8 Å². The maximum absolute atomic E-state index is 5.42. The molecule has 0 saturated carbocycles. The third kappa shape index (κ3) is 4.29. The minimum Gasteiger partial charge on any atom is -0.490 e. The van der Waals surface area contributed by atoms with E-state index in [1.807, 2.05) is 6.92 Å². The van der Waals surface area contributed by atoms with Crippen molar-refractivity contribution in [3.8, 4) is 5.75 Å². The zero-order valence-corrected chi connectivity index (χ0v) is 13.5. The summed E-state index contributed by atoms with van der Waals surface area (Å²) < 4.78 is 5.42. The van der Waals surface area contributed by atoms with E-state index in [-0.39, 0.29) is 0 Å². The molecule has 2 heterocycles. The van der Waals surface area contributed by atoms with E-state index in [4.69, 9.17) is 4.74 Å². The summed E-state index contributed by atoms with van der Waals surface area (Å²) >= 11 is 1.67. The Morgan fingerprint density at radius 3 is 2.48 bits per heavy atom. The highest BCUT2D eigenvalue weighted by molar-refractivity contribution is 7.09. The highest BCUT2D eigenvalue weighted by Gasteiger charge is 2.11. The number of hydrogen-bond donors (Lipinski definition) is 2. The van der Waals surface area contributed by atoms with Crippen molar-refractivity contribution < 1.29 is 4.74 Å². The highest BCUT2D eigenvalue weighted by Crippen LogP contribution is 2.28. The fourth-order valence-corrected chi connectivity index (χ4v) is 2.54. The lowest BCUT2D eigenvalue weighted by atomic mass is 10.3. The molecule has 2 aromatic rings. The Balaban J connectivity index is 1.98. The largest absolute Gasteiger partial charge is 0.490 e. The van der Waals surface area contributed by atoms with Crippen LogP contribution < -0.4 is 15.4 Å². The van der Waals surface area contributed by atoms with Gasteiger partial charge in [0.2, 0.25) is 5.75 Å². The molecule has 6 nitrogen and oxygen atoms in total. The van der Waals surface area contributed by atoms with Gasteiger partial charge in [-0.25, -0.2) is 15.0 Å². The first-order valence-corrected chi connectivity index (χ1v) is 7.90. The quantitative estimate of drug-likeness (QED) is 0.781. The number of methoxy groups -OCH3 is 1. The zero-order valence-electron chi connectivity index (χ0n) is 12.6. The van der Waals surface area contributed by atoms with Crippen LogP contribution in [0.15, 0.2) is 11.7 Å². The fraction of sp³-hybridized carbons (Fsp3) is 0.500. The molecule has 21 heavy (non-hydrogen) atoms. The minimum atomic E-state index is 0.653. The van der Waals surface area contributed by atoms with Crippen LogP contribution in [0.1, 0.15) is 24.0 Å². The van der Waals surface area contributed by atoms with Gasteiger partial charge in [0.05, 0.1) is 17.8 Å². The molecule has 0 spiro atoms. The van der Waals surface area contributed by atoms with E-state index >= 15 is 0 Å². The topological polar surface area (TPSA) is 72.0 Å². The number of nitrogens with zero attached hydrogens (tertiary/aromatic N) is 3. The molecule has 0 fully saturated rings. The van der Waals surface area contributed by atoms with Crippen LogP contribution in [-0.4, -0.2) is 35.2 Å². The first kappa shape index (κ1) is 15.5. The van der Waals surface area contributed by atoms with E-state index in [1.54, 1.807) is 18.4 Å². The van der Waals surface area contributed by atoms with Crippen LogP contribution in [0, 0.1) is 6.92 Å². The van der Waals surface area contributed by atoms with Crippen LogP contribution in [-0.2, 0) is 6.42 Å². The number of anilines is 2. The molecule has 2 aromatic heterocycles. The summed E-state index contributed by atoms with van der Waals surface area (Å²) in [6.07, 6.45) is 3.42. The fourth-order valence-electron chi connectivity index (χ4n) is 1.89. The van der Waals surface area contributed by atoms with Gasteiger partial charge in [-0.2, -0.15) is 0 Å². The smallest absolute Gasteiger partial charge is 0.204 e. The molecule has 0 aliphatic heterocycles. The molecule has 2 N–H and O–H groups in total. The SMILES string of the molecule is CCCNc1ncnc(NCCc2csc(C)n2)c1OC. The van der Waals surface area contributed by atoms with Crippen LogP contribution in [0.25, 0.3) is 0 Å². The monoisotopic (exact) mass is 307 g/mol. The first-order chi connectivity index (χ1) is 10.2. The summed E-state index contributed by atoms with van der Waals surface area (Å²) in [6.45, 7) is 5.73. The van der Waals surface area contributed by atoms with E-state index in [2.05, 4.69) is 37.9 Å². The molecular weight excluding hydrogens is 286 g/mol. The first-order valence-electron chi connectivity index (χ1n) is 7.02. The minimum absolute atomic E-state index is 0.653. The summed E-state index contributed by atoms with van der Waals surface area (Å²) in [7, 11) is 1.63. The average Bonchev–Trinajstić information content (AvgIpc) is 2.90. The molecule has 0 bridgehead atoms. The van der Waals surface area contributed by atoms with Crippen molar-refractivity contribution in [2.24, 2.45) is 0 Å². The Bertz CT molecular complexity index is 572. The van der Waals surface area contributed by atoms with E-state index in [0.29, 0.717) is 11.6 Å². The number of thiazole rings is 1. The second-order valence-corrected chi connectivity index (χ2v) is 5.63. The van der Waals surface area contributed by atoms with Crippen molar-refractivity contribution in [3.63, 3.8) is 0 Å². The van der Waals surface area contributed by atoms with E-state index in [9.17, 15) is 0 Å². The molecule has 0 aliphatic carbocycles. The number of aromatic nitrogens is 3. The number of rotatable bonds is 8. The van der Waals surface area contributed by atoms with Gasteiger partial charge in [0.15, 0.2) is 11.6 Å². The second kappa shape index (κ2) is 7.78. The van der Waals surface area contributed by atoms with Crippen molar-refractivity contribution in [1.29, 1.82) is 0 Å². The Morgan fingerprint density at radius 1 is 1.19 bits per heavy atom. The molecule has 0 aromatic carbocycles. The second-order valence-electron chi connectivity index (χ2n) is 4.57. The lowest BCUT2D eigenvalue weighted by Crippen LogP contribution is -2.11. The van der Waals surface area contributed by atoms with Crippen molar-refractivity contribution >= 4 is 23.0 Å². The molecule has 114 valence electrons. The van der Waals surface area contributed by atoms with Gasteiger partial charge in [0.1, 0.15) is 6.33 Å². The van der Waals surface area contributed by atoms with Gasteiger partial charge in [-0.1, -0.05) is 6.92 Å². The molecule has 0 unspecified atom stereocenters. The Kier molecular flexibility index (Phi) is 5.74. The Hall–Kier alpha value is -1.89. The molecule has 0 atom stereocenters. The van der Waals surface area contributed by atoms with Crippen LogP contribution in [0.3, 0.4) is 0 Å². The summed E-state index contributed by atoms with van der Waals surface area (Å²) in [6, 6.07) is 0. The maximum atomic E-state index is 5.42. The Labute approximate surface area is 129 Å². The van der Waals surface area contributed by atoms with Crippen LogP contribution in [0.2, 0.25) is 0 Å². The molecule has 0 radical (unpaired) electrons. The normalized spacial score (nSPS) is 10.4. The maximum Gasteiger partial charge on any atom is 0.204 e. The molecule has 0 saturated heterocycles. The van der Waals surface area contributed by atoms with Gasteiger partial charge in [-0.15, -0.1) is 11.3 Å². The third-order valence-electron chi connectivity index (χ3n) is 2.89. The lowest BCUT2D eigenvalue weighted by Gasteiger charge is -2.13. The Morgan fingerprint density at radius 2 is 1.90 bits per heavy atom. The lowest BCUT2D eigenvalue weighted by molar-refractivity contribution is 0.414. The van der Waals surface area contributed by atoms with Gasteiger partial charge in [-0.05, 0) is 13.3 Å². The van der Waals surface area contributed by atoms with Gasteiger partial charge < -0.3 is 15.4 Å². The van der Waals surface area contributed by atoms with E-state index in [0.717, 1.165) is 42.5 Å². The molecule has 2 rings (SSSR count). The number of nitrogens with one attached hydrogen (secondary N) is 2. The number of aryl methyl sites for hydroxylation is 1. The third-order valence-corrected chi connectivity index (χ3v) is 3.71. The number of hydrogen-bond acceptors (Lipinski definition) is 7. The molecular formula is C14H21N5OS. The van der Waals surface area contributed by atoms with E-state index < -0.39 is 0 Å². The molecule has 0 amide bonds. The van der Waals surface area contributed by atoms with Crippen LogP contribution in [0.4, 0.5) is 11.6 Å². The van der Waals surface area contributed by atoms with Crippen LogP contribution >= 0.6 is 11.3 Å². The standard InChI is InChI=1S/C14H21N5OS/c1-4-6-15-13-12(20-3)14(18-9-17-13)16-7-5-11-8-21-10(2)19-11/h8-9H,4-7H2,1-3H3,(H2,15,16,17,18). The van der Waals surface area contributed by atoms with Crippen molar-refractivity contribution in [1.82, 2.24) is 15.0 Å². The summed E-state index contributed by atoms with van der Waals surface area (Å²) in [5.74, 6) is 2.08. The van der Waals surface area contributed by atoms with Gasteiger partial charge in [-0.3, -0.25) is 0 Å². The van der Waals surface area contributed by atoms with Crippen molar-refractivity contribution in [3.05, 3.63) is 22.4 Å². The van der Waals surface area contributed by atoms with Gasteiger partial charge in [0, 0.05) is 24.9 Å². The van der Waals surface area contributed by atoms with E-state index in [1.165, 1.54) is 6.33 Å². The zero-order chi connectivity index (χ0) is 15.1. The van der Waals surface area contributed by atoms with Crippen molar-refractivity contribution in [2.45, 2.75) is 26.7 Å². The predicted octanol–water partition coefficient (Wildman–Crippen LogP) is 2.73. The highest BCUT2D eigenvalue weighted by atomic mass is 32.1. The molecule has 7 heteroatoms. The van der Waals surface area contributed by atoms with Gasteiger partial charge >= 0.3 is 0 Å². The van der Waals surface area contributed by atoms with Gasteiger partial charge in [0.25, 0.3) is 0 Å². The summed E-state index contributed by atoms with van der Waals surface area (Å²) in [5, 5.41) is 9.71. The molecule has 0 aliphatic rings. The summed E-state index contributed by atoms with van der Waals surface area (Å²) in [5.41, 5.74) is 1.10.